The van der Waals surface area contributed by atoms with Crippen LogP contribution in [-0.4, -0.2) is 11.8 Å². The van der Waals surface area contributed by atoms with E-state index in [1.165, 1.54) is 10.5 Å². The van der Waals surface area contributed by atoms with Gasteiger partial charge in [-0.3, -0.25) is 0 Å². The molecule has 0 aromatic heterocycles. The van der Waals surface area contributed by atoms with Gasteiger partial charge in [0.25, 0.3) is 0 Å². The predicted molar refractivity (Wildman–Crippen MR) is 67.9 cm³/mol. The summed E-state index contributed by atoms with van der Waals surface area (Å²) in [7, 11) is 0. The Balaban J connectivity index is 2.92. The third-order valence-corrected chi connectivity index (χ3v) is 2.99. The Morgan fingerprint density at radius 3 is 2.50 bits per heavy atom. The minimum absolute atomic E-state index is 0.142. The first-order chi connectivity index (χ1) is 6.40. The number of nitrogens with two attached hydrogens (primary N) is 1. The van der Waals surface area contributed by atoms with Crippen molar-refractivity contribution in [1.82, 2.24) is 0 Å². The van der Waals surface area contributed by atoms with Crippen LogP contribution in [0, 0.1) is 0 Å². The van der Waals surface area contributed by atoms with Crippen LogP contribution in [0.25, 0.3) is 0 Å². The standard InChI is InChI=1S/C11H16BrNS/c1-11(2,13)7-8-4-9(12)6-10(5-8)14-3/h4-6H,7,13H2,1-3H3. The van der Waals surface area contributed by atoms with Crippen molar-refractivity contribution in [2.75, 3.05) is 6.26 Å². The monoisotopic (exact) mass is 273 g/mol. The lowest BCUT2D eigenvalue weighted by Gasteiger charge is -2.18. The van der Waals surface area contributed by atoms with E-state index in [1.54, 1.807) is 11.8 Å². The number of thioether (sulfide) groups is 1. The minimum atomic E-state index is -0.142. The van der Waals surface area contributed by atoms with Gasteiger partial charge in [0.05, 0.1) is 0 Å². The molecule has 0 aliphatic carbocycles. The summed E-state index contributed by atoms with van der Waals surface area (Å²) in [6.07, 6.45) is 2.99. The van der Waals surface area contributed by atoms with Crippen LogP contribution in [0.1, 0.15) is 19.4 Å². The molecule has 1 aromatic rings. The predicted octanol–water partition coefficient (Wildman–Crippen LogP) is 3.45. The fraction of sp³-hybridized carbons (Fsp3) is 0.455. The second-order valence-electron chi connectivity index (χ2n) is 4.16. The zero-order valence-electron chi connectivity index (χ0n) is 8.80. The summed E-state index contributed by atoms with van der Waals surface area (Å²) in [4.78, 5) is 1.28. The molecule has 1 nitrogen and oxygen atoms in total. The van der Waals surface area contributed by atoms with Crippen molar-refractivity contribution in [2.24, 2.45) is 5.73 Å². The maximum absolute atomic E-state index is 5.99. The smallest absolute Gasteiger partial charge is 0.0189 e. The van der Waals surface area contributed by atoms with Gasteiger partial charge < -0.3 is 5.73 Å². The third kappa shape index (κ3) is 4.03. The normalized spacial score (nSPS) is 11.8. The van der Waals surface area contributed by atoms with Gasteiger partial charge in [-0.05, 0) is 50.3 Å². The first-order valence-corrected chi connectivity index (χ1v) is 6.55. The average molecular weight is 274 g/mol. The number of hydrogen-bond acceptors (Lipinski definition) is 2. The fourth-order valence-electron chi connectivity index (χ4n) is 1.37. The number of halogens is 1. The molecule has 0 unspecified atom stereocenters. The Kier molecular flexibility index (Phi) is 4.04. The number of benzene rings is 1. The van der Waals surface area contributed by atoms with Crippen molar-refractivity contribution in [3.05, 3.63) is 28.2 Å². The molecule has 0 saturated heterocycles. The van der Waals surface area contributed by atoms with Crippen molar-refractivity contribution < 1.29 is 0 Å². The molecule has 0 heterocycles. The summed E-state index contributed by atoms with van der Waals surface area (Å²) in [6, 6.07) is 6.45. The van der Waals surface area contributed by atoms with Gasteiger partial charge in [0.15, 0.2) is 0 Å². The summed E-state index contributed by atoms with van der Waals surface area (Å²) < 4.78 is 1.13. The van der Waals surface area contributed by atoms with Crippen LogP contribution >= 0.6 is 27.7 Å². The van der Waals surface area contributed by atoms with Crippen molar-refractivity contribution in [2.45, 2.75) is 30.7 Å². The maximum Gasteiger partial charge on any atom is 0.0189 e. The Labute approximate surface area is 98.6 Å². The minimum Gasteiger partial charge on any atom is -0.325 e. The Morgan fingerprint density at radius 2 is 2.00 bits per heavy atom. The van der Waals surface area contributed by atoms with Crippen LogP contribution in [-0.2, 0) is 6.42 Å². The quantitative estimate of drug-likeness (QED) is 0.854. The van der Waals surface area contributed by atoms with E-state index < -0.39 is 0 Å². The van der Waals surface area contributed by atoms with E-state index in [1.807, 2.05) is 13.8 Å². The number of rotatable bonds is 3. The molecule has 0 fully saturated rings. The zero-order chi connectivity index (χ0) is 10.8. The second kappa shape index (κ2) is 4.69. The molecule has 3 heteroatoms. The van der Waals surface area contributed by atoms with Gasteiger partial charge in [-0.2, -0.15) is 0 Å². The topological polar surface area (TPSA) is 26.0 Å². The molecule has 0 saturated carbocycles. The SMILES string of the molecule is CSc1cc(Br)cc(CC(C)(C)N)c1. The van der Waals surface area contributed by atoms with Crippen molar-refractivity contribution >= 4 is 27.7 Å². The number of hydrogen-bond donors (Lipinski definition) is 1. The lowest BCUT2D eigenvalue weighted by molar-refractivity contribution is 0.516. The molecule has 0 radical (unpaired) electrons. The summed E-state index contributed by atoms with van der Waals surface area (Å²) in [6.45, 7) is 4.10. The van der Waals surface area contributed by atoms with E-state index in [0.29, 0.717) is 0 Å². The molecule has 1 aromatic carbocycles. The van der Waals surface area contributed by atoms with E-state index in [9.17, 15) is 0 Å². The first kappa shape index (κ1) is 12.1. The van der Waals surface area contributed by atoms with Gasteiger partial charge in [-0.15, -0.1) is 11.8 Å². The zero-order valence-corrected chi connectivity index (χ0v) is 11.2. The Bertz CT molecular complexity index is 318. The van der Waals surface area contributed by atoms with E-state index >= 15 is 0 Å². The summed E-state index contributed by atoms with van der Waals surface area (Å²) in [5, 5.41) is 0. The Morgan fingerprint density at radius 1 is 1.36 bits per heavy atom. The van der Waals surface area contributed by atoms with Crippen LogP contribution in [0.4, 0.5) is 0 Å². The molecule has 0 spiro atoms. The van der Waals surface area contributed by atoms with Crippen LogP contribution in [0.3, 0.4) is 0 Å². The van der Waals surface area contributed by atoms with Crippen molar-refractivity contribution in [3.8, 4) is 0 Å². The molecule has 0 bridgehead atoms. The summed E-state index contributed by atoms with van der Waals surface area (Å²) in [5.74, 6) is 0. The molecule has 0 amide bonds. The fourth-order valence-corrected chi connectivity index (χ4v) is 2.57. The van der Waals surface area contributed by atoms with Crippen LogP contribution in [0.2, 0.25) is 0 Å². The molecule has 0 atom stereocenters. The largest absolute Gasteiger partial charge is 0.325 e. The maximum atomic E-state index is 5.99. The summed E-state index contributed by atoms with van der Waals surface area (Å²) in [5.41, 5.74) is 7.13. The van der Waals surface area contributed by atoms with Gasteiger partial charge in [-0.1, -0.05) is 15.9 Å². The van der Waals surface area contributed by atoms with E-state index in [2.05, 4.69) is 40.4 Å². The molecule has 14 heavy (non-hydrogen) atoms. The third-order valence-electron chi connectivity index (χ3n) is 1.83. The van der Waals surface area contributed by atoms with E-state index in [0.717, 1.165) is 10.9 Å². The van der Waals surface area contributed by atoms with Crippen molar-refractivity contribution in [3.63, 3.8) is 0 Å². The molecule has 78 valence electrons. The molecular formula is C11H16BrNS. The van der Waals surface area contributed by atoms with Gasteiger partial charge >= 0.3 is 0 Å². The lowest BCUT2D eigenvalue weighted by atomic mass is 9.96. The first-order valence-electron chi connectivity index (χ1n) is 4.53. The van der Waals surface area contributed by atoms with Gasteiger partial charge in [0.1, 0.15) is 0 Å². The van der Waals surface area contributed by atoms with E-state index in [4.69, 9.17) is 5.73 Å². The highest BCUT2D eigenvalue weighted by molar-refractivity contribution is 9.10. The van der Waals surface area contributed by atoms with Crippen LogP contribution in [0.15, 0.2) is 27.6 Å². The lowest BCUT2D eigenvalue weighted by Crippen LogP contribution is -2.34. The second-order valence-corrected chi connectivity index (χ2v) is 5.96. The molecule has 1 rings (SSSR count). The van der Waals surface area contributed by atoms with Gasteiger partial charge in [0, 0.05) is 14.9 Å². The highest BCUT2D eigenvalue weighted by Gasteiger charge is 2.12. The molecule has 2 N–H and O–H groups in total. The molecule has 0 aliphatic heterocycles. The molecular weight excluding hydrogens is 258 g/mol. The van der Waals surface area contributed by atoms with Gasteiger partial charge in [-0.25, -0.2) is 0 Å². The van der Waals surface area contributed by atoms with E-state index in [-0.39, 0.29) is 5.54 Å². The van der Waals surface area contributed by atoms with Crippen LogP contribution in [0.5, 0.6) is 0 Å². The highest BCUT2D eigenvalue weighted by atomic mass is 79.9. The summed E-state index contributed by atoms with van der Waals surface area (Å²) >= 11 is 5.26. The van der Waals surface area contributed by atoms with Crippen LogP contribution < -0.4 is 5.73 Å². The highest BCUT2D eigenvalue weighted by Crippen LogP contribution is 2.24. The Hall–Kier alpha value is 0.01000. The van der Waals surface area contributed by atoms with Gasteiger partial charge in [0.2, 0.25) is 0 Å². The molecule has 0 aliphatic rings. The van der Waals surface area contributed by atoms with Crippen molar-refractivity contribution in [1.29, 1.82) is 0 Å². The average Bonchev–Trinajstić information content (AvgIpc) is 1.99.